The van der Waals surface area contributed by atoms with Crippen molar-refractivity contribution in [2.45, 2.75) is 52.1 Å². The van der Waals surface area contributed by atoms with Crippen LogP contribution in [0.2, 0.25) is 0 Å². The fraction of sp³-hybridized carbons (Fsp3) is 0.786. The number of thiazole rings is 1. The highest BCUT2D eigenvalue weighted by atomic mass is 32.1. The Hall–Kier alpha value is -0.450. The van der Waals surface area contributed by atoms with Gasteiger partial charge in [0.2, 0.25) is 0 Å². The monoisotopic (exact) mass is 267 g/mol. The van der Waals surface area contributed by atoms with E-state index in [0.29, 0.717) is 6.04 Å². The number of hydrogen-bond acceptors (Lipinski definition) is 4. The van der Waals surface area contributed by atoms with Crippen LogP contribution in [0.3, 0.4) is 0 Å². The Labute approximate surface area is 115 Å². The molecule has 1 unspecified atom stereocenters. The maximum atomic E-state index is 4.36. The molecule has 0 radical (unpaired) electrons. The first-order valence-electron chi connectivity index (χ1n) is 7.15. The van der Waals surface area contributed by atoms with Crippen LogP contribution in [0.25, 0.3) is 0 Å². The van der Waals surface area contributed by atoms with E-state index in [2.05, 4.69) is 29.0 Å². The second kappa shape index (κ2) is 7.22. The minimum atomic E-state index is 0.715. The lowest BCUT2D eigenvalue weighted by Crippen LogP contribution is -2.44. The second-order valence-electron chi connectivity index (χ2n) is 5.17. The molecule has 0 aromatic carbocycles. The molecule has 1 saturated heterocycles. The molecule has 1 aromatic rings. The summed E-state index contributed by atoms with van der Waals surface area (Å²) < 4.78 is 0. The molecule has 0 saturated carbocycles. The quantitative estimate of drug-likeness (QED) is 0.803. The van der Waals surface area contributed by atoms with Gasteiger partial charge in [-0.15, -0.1) is 11.3 Å². The summed E-state index contributed by atoms with van der Waals surface area (Å²) in [7, 11) is 0. The van der Waals surface area contributed by atoms with Gasteiger partial charge in [0.05, 0.1) is 5.01 Å². The normalized spacial score (nSPS) is 21.3. The molecule has 4 heteroatoms. The van der Waals surface area contributed by atoms with Gasteiger partial charge in [-0.1, -0.05) is 13.3 Å². The first-order chi connectivity index (χ1) is 8.79. The number of aryl methyl sites for hydroxylation is 1. The molecular weight excluding hydrogens is 242 g/mol. The first-order valence-corrected chi connectivity index (χ1v) is 7.97. The van der Waals surface area contributed by atoms with Crippen LogP contribution in [0.5, 0.6) is 0 Å². The van der Waals surface area contributed by atoms with E-state index in [1.54, 1.807) is 0 Å². The molecule has 18 heavy (non-hydrogen) atoms. The average Bonchev–Trinajstić information content (AvgIpc) is 2.77. The van der Waals surface area contributed by atoms with Gasteiger partial charge in [0, 0.05) is 30.2 Å². The molecule has 0 amide bonds. The van der Waals surface area contributed by atoms with Crippen LogP contribution < -0.4 is 5.32 Å². The molecule has 0 spiro atoms. The second-order valence-corrected chi connectivity index (χ2v) is 6.49. The third-order valence-electron chi connectivity index (χ3n) is 3.58. The minimum absolute atomic E-state index is 0.715. The van der Waals surface area contributed by atoms with Crippen molar-refractivity contribution in [1.29, 1.82) is 0 Å². The molecule has 102 valence electrons. The molecule has 1 atom stereocenters. The van der Waals surface area contributed by atoms with E-state index in [4.69, 9.17) is 0 Å². The molecular formula is C14H25N3S. The fourth-order valence-electron chi connectivity index (χ4n) is 2.62. The minimum Gasteiger partial charge on any atom is -0.315 e. The molecule has 2 heterocycles. The standard InChI is InChI=1S/C14H25N3S/c1-3-7-15-9-13-6-4-5-8-17(13)11-14-10-16-12(2)18-14/h10,13,15H,3-9,11H2,1-2H3. The highest BCUT2D eigenvalue weighted by Crippen LogP contribution is 2.21. The van der Waals surface area contributed by atoms with Crippen LogP contribution >= 0.6 is 11.3 Å². The van der Waals surface area contributed by atoms with Crippen molar-refractivity contribution in [2.75, 3.05) is 19.6 Å². The van der Waals surface area contributed by atoms with Crippen LogP contribution in [0, 0.1) is 6.92 Å². The van der Waals surface area contributed by atoms with E-state index in [1.165, 1.54) is 42.1 Å². The maximum absolute atomic E-state index is 4.36. The molecule has 0 aliphatic carbocycles. The van der Waals surface area contributed by atoms with Gasteiger partial charge in [0.1, 0.15) is 0 Å². The number of aromatic nitrogens is 1. The molecule has 2 rings (SSSR count). The molecule has 3 nitrogen and oxygen atoms in total. The zero-order chi connectivity index (χ0) is 12.8. The lowest BCUT2D eigenvalue weighted by atomic mass is 10.0. The summed E-state index contributed by atoms with van der Waals surface area (Å²) in [4.78, 5) is 8.41. The Bertz CT molecular complexity index is 351. The SMILES string of the molecule is CCCNCC1CCCCN1Cc1cnc(C)s1. The van der Waals surface area contributed by atoms with Gasteiger partial charge in [-0.2, -0.15) is 0 Å². The number of hydrogen-bond donors (Lipinski definition) is 1. The van der Waals surface area contributed by atoms with E-state index >= 15 is 0 Å². The van der Waals surface area contributed by atoms with Crippen LogP contribution in [0.15, 0.2) is 6.20 Å². The summed E-state index contributed by atoms with van der Waals surface area (Å²) in [5.41, 5.74) is 0. The molecule has 0 bridgehead atoms. The number of nitrogens with one attached hydrogen (secondary N) is 1. The van der Waals surface area contributed by atoms with Crippen LogP contribution in [0.4, 0.5) is 0 Å². The predicted molar refractivity (Wildman–Crippen MR) is 78.1 cm³/mol. The van der Waals surface area contributed by atoms with E-state index in [9.17, 15) is 0 Å². The van der Waals surface area contributed by atoms with Gasteiger partial charge in [-0.05, 0) is 39.3 Å². The van der Waals surface area contributed by atoms with Crippen LogP contribution in [-0.4, -0.2) is 35.6 Å². The largest absolute Gasteiger partial charge is 0.315 e. The molecule has 1 aliphatic heterocycles. The third kappa shape index (κ3) is 4.04. The highest BCUT2D eigenvalue weighted by Gasteiger charge is 2.22. The Morgan fingerprint density at radius 1 is 1.50 bits per heavy atom. The predicted octanol–water partition coefficient (Wildman–Crippen LogP) is 2.81. The van der Waals surface area contributed by atoms with Crippen molar-refractivity contribution in [1.82, 2.24) is 15.2 Å². The Balaban J connectivity index is 1.86. The number of nitrogens with zero attached hydrogens (tertiary/aromatic N) is 2. The zero-order valence-corrected chi connectivity index (χ0v) is 12.4. The number of piperidine rings is 1. The van der Waals surface area contributed by atoms with Gasteiger partial charge >= 0.3 is 0 Å². The van der Waals surface area contributed by atoms with Crippen molar-refractivity contribution in [3.63, 3.8) is 0 Å². The first kappa shape index (κ1) is 14.0. The summed E-state index contributed by atoms with van der Waals surface area (Å²) in [6, 6.07) is 0.715. The van der Waals surface area contributed by atoms with Crippen molar-refractivity contribution in [3.8, 4) is 0 Å². The zero-order valence-electron chi connectivity index (χ0n) is 11.6. The molecule has 1 N–H and O–H groups in total. The van der Waals surface area contributed by atoms with Gasteiger partial charge < -0.3 is 5.32 Å². The van der Waals surface area contributed by atoms with Crippen LogP contribution in [-0.2, 0) is 6.54 Å². The Morgan fingerprint density at radius 2 is 2.39 bits per heavy atom. The van der Waals surface area contributed by atoms with Gasteiger partial charge in [0.25, 0.3) is 0 Å². The highest BCUT2D eigenvalue weighted by molar-refractivity contribution is 7.11. The summed E-state index contributed by atoms with van der Waals surface area (Å²) in [5, 5.41) is 4.75. The van der Waals surface area contributed by atoms with E-state index < -0.39 is 0 Å². The van der Waals surface area contributed by atoms with E-state index in [1.807, 2.05) is 17.5 Å². The molecule has 1 aromatic heterocycles. The summed E-state index contributed by atoms with van der Waals surface area (Å²) >= 11 is 1.84. The van der Waals surface area contributed by atoms with Crippen molar-refractivity contribution >= 4 is 11.3 Å². The van der Waals surface area contributed by atoms with Gasteiger partial charge in [-0.3, -0.25) is 4.90 Å². The smallest absolute Gasteiger partial charge is 0.0897 e. The molecule has 1 aliphatic rings. The van der Waals surface area contributed by atoms with Gasteiger partial charge in [0.15, 0.2) is 0 Å². The fourth-order valence-corrected chi connectivity index (χ4v) is 3.44. The average molecular weight is 267 g/mol. The lowest BCUT2D eigenvalue weighted by Gasteiger charge is -2.35. The summed E-state index contributed by atoms with van der Waals surface area (Å²) in [6.45, 7) is 8.94. The number of rotatable bonds is 6. The topological polar surface area (TPSA) is 28.2 Å². The molecule has 1 fully saturated rings. The van der Waals surface area contributed by atoms with Crippen molar-refractivity contribution in [3.05, 3.63) is 16.1 Å². The van der Waals surface area contributed by atoms with E-state index in [-0.39, 0.29) is 0 Å². The maximum Gasteiger partial charge on any atom is 0.0897 e. The third-order valence-corrected chi connectivity index (χ3v) is 4.48. The Morgan fingerprint density at radius 3 is 3.11 bits per heavy atom. The summed E-state index contributed by atoms with van der Waals surface area (Å²) in [5.74, 6) is 0. The van der Waals surface area contributed by atoms with Crippen molar-refractivity contribution in [2.24, 2.45) is 0 Å². The van der Waals surface area contributed by atoms with Crippen LogP contribution in [0.1, 0.15) is 42.5 Å². The van der Waals surface area contributed by atoms with Crippen molar-refractivity contribution < 1.29 is 0 Å². The number of likely N-dealkylation sites (tertiary alicyclic amines) is 1. The Kier molecular flexibility index (Phi) is 5.60. The van der Waals surface area contributed by atoms with Gasteiger partial charge in [-0.25, -0.2) is 4.98 Å². The van der Waals surface area contributed by atoms with E-state index in [0.717, 1.165) is 19.6 Å². The summed E-state index contributed by atoms with van der Waals surface area (Å²) in [6.07, 6.45) is 7.35. The lowest BCUT2D eigenvalue weighted by molar-refractivity contribution is 0.139.